The summed E-state index contributed by atoms with van der Waals surface area (Å²) in [4.78, 5) is 2.37. The third-order valence-electron chi connectivity index (χ3n) is 3.12. The van der Waals surface area contributed by atoms with Gasteiger partial charge in [0.25, 0.3) is 0 Å². The minimum Gasteiger partial charge on any atom is -0.388 e. The average Bonchev–Trinajstić information content (AvgIpc) is 2.67. The third-order valence-corrected chi connectivity index (χ3v) is 4.50. The molecule has 0 saturated carbocycles. The molecule has 1 aromatic heterocycles. The van der Waals surface area contributed by atoms with Crippen molar-refractivity contribution >= 4 is 17.0 Å². The quantitative estimate of drug-likeness (QED) is 0.806. The molecule has 3 heteroatoms. The monoisotopic (exact) mass is 245 g/mol. The second-order valence-corrected chi connectivity index (χ2v) is 5.49. The largest absolute Gasteiger partial charge is 0.388 e. The van der Waals surface area contributed by atoms with Crippen LogP contribution in [0.5, 0.6) is 0 Å². The predicted octanol–water partition coefficient (Wildman–Crippen LogP) is 3.44. The van der Waals surface area contributed by atoms with Crippen molar-refractivity contribution in [1.29, 1.82) is 0 Å². The average molecular weight is 245 g/mol. The second-order valence-electron chi connectivity index (χ2n) is 4.40. The lowest BCUT2D eigenvalue weighted by Crippen LogP contribution is -2.01. The Morgan fingerprint density at radius 3 is 3.00 bits per heavy atom. The molecule has 0 spiro atoms. The molecule has 0 saturated heterocycles. The molecule has 1 aromatic carbocycles. The van der Waals surface area contributed by atoms with Crippen molar-refractivity contribution in [2.75, 3.05) is 11.9 Å². The molecule has 2 nitrogen and oxygen atoms in total. The molecule has 1 aliphatic rings. The first-order chi connectivity index (χ1) is 8.25. The standard InChI is InChI=1S/C14H15NOS/c1-9(16)13-8-10-6-7-15-12-5-3-2-4-11(12)14(10)17-13/h2-5,8-9,15-16H,6-7H2,1H3. The van der Waals surface area contributed by atoms with Gasteiger partial charge in [0.05, 0.1) is 6.10 Å². The molecular formula is C14H15NOS. The summed E-state index contributed by atoms with van der Waals surface area (Å²) in [7, 11) is 0. The molecule has 2 aromatic rings. The smallest absolute Gasteiger partial charge is 0.0854 e. The van der Waals surface area contributed by atoms with E-state index in [2.05, 4.69) is 35.6 Å². The minimum absolute atomic E-state index is 0.368. The van der Waals surface area contributed by atoms with Crippen LogP contribution in [-0.4, -0.2) is 11.7 Å². The lowest BCUT2D eigenvalue weighted by molar-refractivity contribution is 0.203. The van der Waals surface area contributed by atoms with Gasteiger partial charge in [0.15, 0.2) is 0 Å². The molecule has 3 rings (SSSR count). The Hall–Kier alpha value is -1.32. The molecule has 17 heavy (non-hydrogen) atoms. The first kappa shape index (κ1) is 10.8. The highest BCUT2D eigenvalue weighted by Gasteiger charge is 2.18. The summed E-state index contributed by atoms with van der Waals surface area (Å²) in [5, 5.41) is 13.1. The fraction of sp³-hybridized carbons (Fsp3) is 0.286. The topological polar surface area (TPSA) is 32.3 Å². The van der Waals surface area contributed by atoms with Crippen molar-refractivity contribution in [3.8, 4) is 10.4 Å². The molecule has 2 heterocycles. The lowest BCUT2D eigenvalue weighted by atomic mass is 10.1. The van der Waals surface area contributed by atoms with Crippen molar-refractivity contribution in [3.63, 3.8) is 0 Å². The van der Waals surface area contributed by atoms with E-state index >= 15 is 0 Å². The van der Waals surface area contributed by atoms with Crippen molar-refractivity contribution < 1.29 is 5.11 Å². The van der Waals surface area contributed by atoms with E-state index in [1.807, 2.05) is 6.92 Å². The number of anilines is 1. The summed E-state index contributed by atoms with van der Waals surface area (Å²) < 4.78 is 0. The van der Waals surface area contributed by atoms with Crippen molar-refractivity contribution in [3.05, 3.63) is 40.8 Å². The fourth-order valence-corrected chi connectivity index (χ4v) is 3.42. The van der Waals surface area contributed by atoms with Crippen molar-refractivity contribution in [1.82, 2.24) is 0 Å². The van der Waals surface area contributed by atoms with Crippen LogP contribution in [0.4, 0.5) is 5.69 Å². The van der Waals surface area contributed by atoms with Gasteiger partial charge in [0, 0.05) is 27.5 Å². The molecule has 0 fully saturated rings. The lowest BCUT2D eigenvalue weighted by Gasteiger charge is -2.06. The molecule has 1 unspecified atom stereocenters. The predicted molar refractivity (Wildman–Crippen MR) is 72.6 cm³/mol. The highest BCUT2D eigenvalue weighted by Crippen LogP contribution is 2.40. The number of nitrogens with one attached hydrogen (secondary N) is 1. The number of hydrogen-bond acceptors (Lipinski definition) is 3. The van der Waals surface area contributed by atoms with Gasteiger partial charge in [-0.15, -0.1) is 11.3 Å². The van der Waals surface area contributed by atoms with E-state index in [9.17, 15) is 5.11 Å². The normalized spacial score (nSPS) is 15.4. The zero-order valence-corrected chi connectivity index (χ0v) is 10.6. The Labute approximate surface area is 105 Å². The van der Waals surface area contributed by atoms with E-state index in [1.165, 1.54) is 21.7 Å². The zero-order chi connectivity index (χ0) is 11.8. The maximum absolute atomic E-state index is 9.69. The van der Waals surface area contributed by atoms with Gasteiger partial charge in [-0.05, 0) is 31.0 Å². The van der Waals surface area contributed by atoms with Gasteiger partial charge in [-0.1, -0.05) is 18.2 Å². The SMILES string of the molecule is CC(O)c1cc2c(s1)-c1ccccc1NCC2. The molecule has 1 aliphatic heterocycles. The van der Waals surface area contributed by atoms with Crippen LogP contribution in [0, 0.1) is 0 Å². The summed E-state index contributed by atoms with van der Waals surface area (Å²) in [5.74, 6) is 0. The molecule has 2 N–H and O–H groups in total. The van der Waals surface area contributed by atoms with Crippen molar-refractivity contribution in [2.45, 2.75) is 19.4 Å². The highest BCUT2D eigenvalue weighted by molar-refractivity contribution is 7.15. The molecule has 0 aliphatic carbocycles. The molecule has 88 valence electrons. The first-order valence-corrected chi connectivity index (χ1v) is 6.71. The van der Waals surface area contributed by atoms with E-state index in [1.54, 1.807) is 11.3 Å². The number of para-hydroxylation sites is 1. The summed E-state index contributed by atoms with van der Waals surface area (Å²) >= 11 is 1.71. The maximum Gasteiger partial charge on any atom is 0.0854 e. The Bertz CT molecular complexity index is 545. The minimum atomic E-state index is -0.368. The van der Waals surface area contributed by atoms with Gasteiger partial charge in [-0.25, -0.2) is 0 Å². The number of aliphatic hydroxyl groups is 1. The molecule has 0 radical (unpaired) electrons. The number of hydrogen-bond donors (Lipinski definition) is 2. The zero-order valence-electron chi connectivity index (χ0n) is 9.73. The van der Waals surface area contributed by atoms with Crippen LogP contribution in [0.25, 0.3) is 10.4 Å². The Balaban J connectivity index is 2.18. The highest BCUT2D eigenvalue weighted by atomic mass is 32.1. The number of benzene rings is 1. The van der Waals surface area contributed by atoms with Gasteiger partial charge in [0.2, 0.25) is 0 Å². The number of aliphatic hydroxyl groups excluding tert-OH is 1. The Morgan fingerprint density at radius 1 is 1.35 bits per heavy atom. The van der Waals surface area contributed by atoms with Gasteiger partial charge in [-0.3, -0.25) is 0 Å². The first-order valence-electron chi connectivity index (χ1n) is 5.89. The van der Waals surface area contributed by atoms with Gasteiger partial charge >= 0.3 is 0 Å². The van der Waals surface area contributed by atoms with E-state index < -0.39 is 0 Å². The molecule has 0 bridgehead atoms. The maximum atomic E-state index is 9.69. The Morgan fingerprint density at radius 2 is 2.18 bits per heavy atom. The van der Waals surface area contributed by atoms with E-state index in [4.69, 9.17) is 0 Å². The number of thiophene rings is 1. The van der Waals surface area contributed by atoms with Crippen LogP contribution in [0.15, 0.2) is 30.3 Å². The van der Waals surface area contributed by atoms with Crippen LogP contribution >= 0.6 is 11.3 Å². The second kappa shape index (κ2) is 4.17. The third kappa shape index (κ3) is 1.85. The van der Waals surface area contributed by atoms with Gasteiger partial charge in [-0.2, -0.15) is 0 Å². The van der Waals surface area contributed by atoms with Gasteiger partial charge in [0.1, 0.15) is 0 Å². The van der Waals surface area contributed by atoms with Crippen LogP contribution < -0.4 is 5.32 Å². The van der Waals surface area contributed by atoms with Gasteiger partial charge < -0.3 is 10.4 Å². The van der Waals surface area contributed by atoms with Crippen LogP contribution in [0.1, 0.15) is 23.5 Å². The molecular weight excluding hydrogens is 230 g/mol. The van der Waals surface area contributed by atoms with E-state index in [0.717, 1.165) is 17.8 Å². The van der Waals surface area contributed by atoms with E-state index in [-0.39, 0.29) is 6.10 Å². The summed E-state index contributed by atoms with van der Waals surface area (Å²) in [6.45, 7) is 2.79. The number of fused-ring (bicyclic) bond motifs is 3. The fourth-order valence-electron chi connectivity index (χ4n) is 2.24. The van der Waals surface area contributed by atoms with Crippen molar-refractivity contribution in [2.24, 2.45) is 0 Å². The Kier molecular flexibility index (Phi) is 2.65. The molecule has 1 atom stereocenters. The van der Waals surface area contributed by atoms with Crippen LogP contribution in [0.2, 0.25) is 0 Å². The summed E-state index contributed by atoms with van der Waals surface area (Å²) in [5.41, 5.74) is 3.81. The summed E-state index contributed by atoms with van der Waals surface area (Å²) in [6, 6.07) is 10.5. The number of rotatable bonds is 1. The molecule has 0 amide bonds. The summed E-state index contributed by atoms with van der Waals surface area (Å²) in [6.07, 6.45) is 0.653. The van der Waals surface area contributed by atoms with Crippen LogP contribution in [0.3, 0.4) is 0 Å². The van der Waals surface area contributed by atoms with E-state index in [0.29, 0.717) is 0 Å². The van der Waals surface area contributed by atoms with Crippen LogP contribution in [-0.2, 0) is 6.42 Å².